The molecule has 0 amide bonds. The van der Waals surface area contributed by atoms with Crippen molar-refractivity contribution in [1.29, 1.82) is 0 Å². The minimum Gasteiger partial charge on any atom is -0.508 e. The van der Waals surface area contributed by atoms with Gasteiger partial charge in [-0.25, -0.2) is 0 Å². The molecule has 0 radical (unpaired) electrons. The zero-order chi connectivity index (χ0) is 26.9. The highest BCUT2D eigenvalue weighted by molar-refractivity contribution is 5.31. The Hall–Kier alpha value is -3.40. The fraction of sp³-hybridized carbons (Fsp3) is 0.294. The molecule has 0 aliphatic carbocycles. The summed E-state index contributed by atoms with van der Waals surface area (Å²) in [5.41, 5.74) is 11.5. The lowest BCUT2D eigenvalue weighted by atomic mass is 9.97. The molecule has 0 heterocycles. The van der Waals surface area contributed by atoms with Gasteiger partial charge >= 0.3 is 0 Å². The predicted molar refractivity (Wildman–Crippen MR) is 159 cm³/mol. The summed E-state index contributed by atoms with van der Waals surface area (Å²) in [6.45, 7) is 7.07. The highest BCUT2D eigenvalue weighted by Gasteiger charge is 2.19. The standard InChI is InChI=1S/C25H30N2O.C7H8.C2H6/c1-27(18-8-13-23(26)19-20-14-16-24(28)17-15-20)25(21-9-4-2-5-10-21)22-11-6-3-7-12-22;1-7-5-3-2-4-6-7;1-2/h2-7,9-12,14-17,23,25,28H,8,13,18-19,26H2,1H3;2-6H,1H3;1-2H3. The van der Waals surface area contributed by atoms with E-state index in [-0.39, 0.29) is 12.1 Å². The highest BCUT2D eigenvalue weighted by atomic mass is 16.3. The molecule has 1 unspecified atom stereocenters. The number of nitrogens with two attached hydrogens (primary N) is 1. The van der Waals surface area contributed by atoms with Crippen LogP contribution < -0.4 is 5.73 Å². The first-order valence-electron chi connectivity index (χ1n) is 13.4. The van der Waals surface area contributed by atoms with Gasteiger partial charge in [0.2, 0.25) is 0 Å². The molecular weight excluding hydrogens is 452 g/mol. The molecule has 0 fully saturated rings. The van der Waals surface area contributed by atoms with Gasteiger partial charge < -0.3 is 10.8 Å². The summed E-state index contributed by atoms with van der Waals surface area (Å²) in [5, 5.41) is 9.40. The summed E-state index contributed by atoms with van der Waals surface area (Å²) in [4.78, 5) is 2.41. The third-order valence-electron chi connectivity index (χ3n) is 6.13. The molecule has 0 spiro atoms. The molecule has 4 rings (SSSR count). The lowest BCUT2D eigenvalue weighted by Crippen LogP contribution is -2.29. The summed E-state index contributed by atoms with van der Waals surface area (Å²) in [6.07, 6.45) is 2.86. The van der Waals surface area contributed by atoms with Crippen molar-refractivity contribution in [2.24, 2.45) is 5.73 Å². The average molecular weight is 497 g/mol. The molecule has 3 N–H and O–H groups in total. The number of phenols is 1. The molecule has 0 saturated heterocycles. The number of rotatable bonds is 9. The Labute approximate surface area is 224 Å². The molecular formula is C34H44N2O. The lowest BCUT2D eigenvalue weighted by Gasteiger charge is -2.29. The van der Waals surface area contributed by atoms with Gasteiger partial charge in [0.1, 0.15) is 5.75 Å². The van der Waals surface area contributed by atoms with Crippen LogP contribution in [-0.2, 0) is 6.42 Å². The Morgan fingerprint density at radius 3 is 1.59 bits per heavy atom. The van der Waals surface area contributed by atoms with Crippen LogP contribution in [0.15, 0.2) is 115 Å². The van der Waals surface area contributed by atoms with E-state index >= 15 is 0 Å². The van der Waals surface area contributed by atoms with Gasteiger partial charge in [-0.05, 0) is 68.6 Å². The molecule has 4 aromatic carbocycles. The summed E-state index contributed by atoms with van der Waals surface area (Å²) in [5.74, 6) is 0.298. The molecule has 0 aliphatic heterocycles. The van der Waals surface area contributed by atoms with Crippen molar-refractivity contribution in [2.45, 2.75) is 52.1 Å². The second-order valence-corrected chi connectivity index (χ2v) is 9.13. The number of benzene rings is 4. The number of hydrogen-bond acceptors (Lipinski definition) is 3. The highest BCUT2D eigenvalue weighted by Crippen LogP contribution is 2.27. The summed E-state index contributed by atoms with van der Waals surface area (Å²) in [6, 6.07) is 39.3. The third kappa shape index (κ3) is 11.0. The normalized spacial score (nSPS) is 11.2. The summed E-state index contributed by atoms with van der Waals surface area (Å²) < 4.78 is 0. The predicted octanol–water partition coefficient (Wildman–Crippen LogP) is 7.78. The molecule has 0 saturated carbocycles. The van der Waals surface area contributed by atoms with Crippen molar-refractivity contribution in [2.75, 3.05) is 13.6 Å². The monoisotopic (exact) mass is 496 g/mol. The minimum atomic E-state index is 0.129. The first-order chi connectivity index (χ1) is 18.0. The van der Waals surface area contributed by atoms with Crippen LogP contribution in [0.4, 0.5) is 0 Å². The summed E-state index contributed by atoms with van der Waals surface area (Å²) >= 11 is 0. The Morgan fingerprint density at radius 2 is 1.16 bits per heavy atom. The van der Waals surface area contributed by atoms with Gasteiger partial charge in [0.25, 0.3) is 0 Å². The van der Waals surface area contributed by atoms with Crippen LogP contribution in [0, 0.1) is 6.92 Å². The fourth-order valence-electron chi connectivity index (χ4n) is 4.28. The quantitative estimate of drug-likeness (QED) is 0.249. The van der Waals surface area contributed by atoms with Crippen LogP contribution in [0.2, 0.25) is 0 Å². The molecule has 0 bridgehead atoms. The Kier molecular flexibility index (Phi) is 13.8. The van der Waals surface area contributed by atoms with Crippen molar-refractivity contribution >= 4 is 0 Å². The molecule has 4 aromatic rings. The molecule has 3 nitrogen and oxygen atoms in total. The Bertz CT molecular complexity index is 1040. The van der Waals surface area contributed by atoms with E-state index in [0.717, 1.165) is 25.8 Å². The lowest BCUT2D eigenvalue weighted by molar-refractivity contribution is 0.269. The topological polar surface area (TPSA) is 49.5 Å². The smallest absolute Gasteiger partial charge is 0.115 e. The van der Waals surface area contributed by atoms with Crippen LogP contribution in [0.25, 0.3) is 0 Å². The molecule has 37 heavy (non-hydrogen) atoms. The molecule has 0 aliphatic rings. The van der Waals surface area contributed by atoms with Crippen LogP contribution in [0.5, 0.6) is 5.75 Å². The van der Waals surface area contributed by atoms with Gasteiger partial charge in [0.05, 0.1) is 6.04 Å². The van der Waals surface area contributed by atoms with Gasteiger partial charge in [0, 0.05) is 6.04 Å². The van der Waals surface area contributed by atoms with Gasteiger partial charge in [-0.3, -0.25) is 4.90 Å². The molecule has 196 valence electrons. The molecule has 0 aromatic heterocycles. The van der Waals surface area contributed by atoms with E-state index in [1.165, 1.54) is 22.3 Å². The van der Waals surface area contributed by atoms with Crippen molar-refractivity contribution in [3.63, 3.8) is 0 Å². The maximum atomic E-state index is 9.40. The van der Waals surface area contributed by atoms with Crippen LogP contribution >= 0.6 is 0 Å². The van der Waals surface area contributed by atoms with E-state index < -0.39 is 0 Å². The van der Waals surface area contributed by atoms with Crippen LogP contribution in [0.1, 0.15) is 55.0 Å². The van der Waals surface area contributed by atoms with Crippen LogP contribution in [0.3, 0.4) is 0 Å². The first-order valence-corrected chi connectivity index (χ1v) is 13.4. The van der Waals surface area contributed by atoms with Gasteiger partial charge in [-0.2, -0.15) is 0 Å². The van der Waals surface area contributed by atoms with Gasteiger partial charge in [-0.1, -0.05) is 123 Å². The molecule has 3 heteroatoms. The van der Waals surface area contributed by atoms with Crippen molar-refractivity contribution in [1.82, 2.24) is 4.90 Å². The van der Waals surface area contributed by atoms with Crippen molar-refractivity contribution in [3.05, 3.63) is 138 Å². The van der Waals surface area contributed by atoms with E-state index in [9.17, 15) is 5.11 Å². The van der Waals surface area contributed by atoms with E-state index in [4.69, 9.17) is 5.73 Å². The van der Waals surface area contributed by atoms with Crippen molar-refractivity contribution in [3.8, 4) is 5.75 Å². The zero-order valence-electron chi connectivity index (χ0n) is 22.9. The minimum absolute atomic E-state index is 0.129. The zero-order valence-corrected chi connectivity index (χ0v) is 22.9. The maximum absolute atomic E-state index is 9.40. The third-order valence-corrected chi connectivity index (χ3v) is 6.13. The second kappa shape index (κ2) is 17.1. The number of aryl methyl sites for hydroxylation is 1. The van der Waals surface area contributed by atoms with E-state index in [1.807, 2.05) is 44.2 Å². The number of phenolic OH excluding ortho intramolecular Hbond substituents is 1. The van der Waals surface area contributed by atoms with Gasteiger partial charge in [-0.15, -0.1) is 0 Å². The SMILES string of the molecule is CC.CN(CCCC(N)Cc1ccc(O)cc1)C(c1ccccc1)c1ccccc1.Cc1ccccc1. The Balaban J connectivity index is 0.000000455. The second-order valence-electron chi connectivity index (χ2n) is 9.13. The summed E-state index contributed by atoms with van der Waals surface area (Å²) in [7, 11) is 2.19. The number of nitrogens with zero attached hydrogens (tertiary/aromatic N) is 1. The molecule has 1 atom stereocenters. The largest absolute Gasteiger partial charge is 0.508 e. The van der Waals surface area contributed by atoms with Gasteiger partial charge in [0.15, 0.2) is 0 Å². The fourth-order valence-corrected chi connectivity index (χ4v) is 4.28. The first kappa shape index (κ1) is 29.8. The number of aromatic hydroxyl groups is 1. The maximum Gasteiger partial charge on any atom is 0.115 e. The van der Waals surface area contributed by atoms with E-state index in [0.29, 0.717) is 5.75 Å². The van der Waals surface area contributed by atoms with E-state index in [2.05, 4.69) is 91.7 Å². The van der Waals surface area contributed by atoms with Crippen molar-refractivity contribution < 1.29 is 5.11 Å². The number of hydrogen-bond donors (Lipinski definition) is 2. The van der Waals surface area contributed by atoms with E-state index in [1.54, 1.807) is 12.1 Å². The Morgan fingerprint density at radius 1 is 0.703 bits per heavy atom. The van der Waals surface area contributed by atoms with Crippen LogP contribution in [-0.4, -0.2) is 29.6 Å². The average Bonchev–Trinajstić information content (AvgIpc) is 2.93.